The highest BCUT2D eigenvalue weighted by atomic mass is 35.5. The van der Waals surface area contributed by atoms with E-state index in [9.17, 15) is 26.4 Å². The summed E-state index contributed by atoms with van der Waals surface area (Å²) in [5.74, 6) is -0.814. The molecule has 36 heavy (non-hydrogen) atoms. The molecule has 2 N–H and O–H groups in total. The first kappa shape index (κ1) is 25.3. The molecule has 0 saturated carbocycles. The van der Waals surface area contributed by atoms with E-state index in [-0.39, 0.29) is 28.6 Å². The summed E-state index contributed by atoms with van der Waals surface area (Å²) in [5.41, 5.74) is 5.13. The second-order valence-corrected chi connectivity index (χ2v) is 10.2. The minimum absolute atomic E-state index is 0.0934. The molecule has 3 aromatic heterocycles. The van der Waals surface area contributed by atoms with E-state index in [0.29, 0.717) is 28.7 Å². The van der Waals surface area contributed by atoms with Gasteiger partial charge in [-0.3, -0.25) is 9.78 Å². The van der Waals surface area contributed by atoms with Crippen LogP contribution < -0.4 is 10.6 Å². The summed E-state index contributed by atoms with van der Waals surface area (Å²) in [6.07, 6.45) is -1.00. The van der Waals surface area contributed by atoms with Crippen LogP contribution in [0.3, 0.4) is 0 Å². The zero-order valence-electron chi connectivity index (χ0n) is 18.5. The Morgan fingerprint density at radius 3 is 2.58 bits per heavy atom. The van der Waals surface area contributed by atoms with Gasteiger partial charge in [-0.1, -0.05) is 23.7 Å². The van der Waals surface area contributed by atoms with Crippen molar-refractivity contribution in [2.24, 2.45) is 0 Å². The minimum atomic E-state index is -4.73. The number of carbonyl (C=O) groups excluding carboxylic acids is 1. The number of fused-ring (bicyclic) bond motifs is 1. The van der Waals surface area contributed by atoms with E-state index in [2.05, 4.69) is 15.0 Å². The molecule has 186 valence electrons. The van der Waals surface area contributed by atoms with Crippen molar-refractivity contribution in [3.63, 3.8) is 0 Å². The Balaban J connectivity index is 1.85. The Hall–Kier alpha value is -3.77. The molecule has 0 fully saturated rings. The second kappa shape index (κ2) is 9.36. The van der Waals surface area contributed by atoms with Crippen LogP contribution in [-0.2, 0) is 22.6 Å². The number of hydrogen-bond acceptors (Lipinski definition) is 7. The van der Waals surface area contributed by atoms with Crippen molar-refractivity contribution < 1.29 is 26.4 Å². The second-order valence-electron chi connectivity index (χ2n) is 7.83. The maximum atomic E-state index is 13.5. The van der Waals surface area contributed by atoms with Crippen LogP contribution in [0.5, 0.6) is 0 Å². The number of amides is 1. The number of carbonyl (C=O) groups is 1. The number of alkyl halides is 3. The molecule has 1 amide bonds. The van der Waals surface area contributed by atoms with E-state index in [1.54, 1.807) is 24.3 Å². The molecular formula is C23H17ClF3N5O3S. The summed E-state index contributed by atoms with van der Waals surface area (Å²) in [7, 11) is -3.91. The van der Waals surface area contributed by atoms with E-state index < -0.39 is 32.5 Å². The van der Waals surface area contributed by atoms with Gasteiger partial charge in [0, 0.05) is 30.2 Å². The largest absolute Gasteiger partial charge is 0.417 e. The van der Waals surface area contributed by atoms with Crippen LogP contribution in [0.4, 0.5) is 24.7 Å². The highest BCUT2D eigenvalue weighted by Gasteiger charge is 2.33. The van der Waals surface area contributed by atoms with Gasteiger partial charge in [0.05, 0.1) is 33.9 Å². The fraction of sp³-hybridized carbons (Fsp3) is 0.130. The highest BCUT2D eigenvalue weighted by Crippen LogP contribution is 2.31. The first-order chi connectivity index (χ1) is 16.8. The molecule has 13 heteroatoms. The number of pyridine rings is 3. The lowest BCUT2D eigenvalue weighted by atomic mass is 10.1. The first-order valence-corrected chi connectivity index (χ1v) is 12.5. The molecule has 0 bridgehead atoms. The average Bonchev–Trinajstić information content (AvgIpc) is 2.82. The smallest absolute Gasteiger partial charge is 0.382 e. The molecule has 0 aliphatic heterocycles. The predicted molar refractivity (Wildman–Crippen MR) is 128 cm³/mol. The van der Waals surface area contributed by atoms with Gasteiger partial charge in [-0.2, -0.15) is 13.2 Å². The van der Waals surface area contributed by atoms with Gasteiger partial charge >= 0.3 is 6.18 Å². The third kappa shape index (κ3) is 5.24. The number of nitrogens with two attached hydrogens (primary N) is 1. The molecule has 3 heterocycles. The zero-order valence-corrected chi connectivity index (χ0v) is 20.1. The van der Waals surface area contributed by atoms with Crippen molar-refractivity contribution in [2.45, 2.75) is 17.7 Å². The molecule has 0 radical (unpaired) electrons. The fourth-order valence-electron chi connectivity index (χ4n) is 3.49. The zero-order chi connectivity index (χ0) is 26.3. The highest BCUT2D eigenvalue weighted by molar-refractivity contribution is 7.90. The molecule has 4 aromatic rings. The average molecular weight is 536 g/mol. The van der Waals surface area contributed by atoms with E-state index in [1.165, 1.54) is 18.3 Å². The number of hydrogen-bond donors (Lipinski definition) is 1. The Kier molecular flexibility index (Phi) is 6.58. The first-order valence-electron chi connectivity index (χ1n) is 10.2. The Morgan fingerprint density at radius 1 is 1.14 bits per heavy atom. The monoisotopic (exact) mass is 535 g/mol. The van der Waals surface area contributed by atoms with Crippen LogP contribution in [0.1, 0.15) is 21.5 Å². The SMILES string of the molecule is CS(=O)(=O)c1ncccc1N(Cc1ccc2cc(Cl)c(N)nc2c1)C(=O)c1cncc(C(F)(F)F)c1. The molecule has 8 nitrogen and oxygen atoms in total. The van der Waals surface area contributed by atoms with Gasteiger partial charge in [0.2, 0.25) is 0 Å². The lowest BCUT2D eigenvalue weighted by Crippen LogP contribution is -2.32. The Bertz CT molecular complexity index is 1600. The summed E-state index contributed by atoms with van der Waals surface area (Å²) in [6, 6.07) is 9.98. The molecule has 0 unspecified atom stereocenters. The molecule has 0 atom stereocenters. The molecular weight excluding hydrogens is 519 g/mol. The summed E-state index contributed by atoms with van der Waals surface area (Å²) in [4.78, 5) is 26.2. The lowest BCUT2D eigenvalue weighted by molar-refractivity contribution is -0.137. The van der Waals surface area contributed by atoms with Crippen molar-refractivity contribution in [1.82, 2.24) is 15.0 Å². The lowest BCUT2D eigenvalue weighted by Gasteiger charge is -2.25. The van der Waals surface area contributed by atoms with E-state index in [0.717, 1.165) is 17.4 Å². The Labute approximate surface area is 208 Å². The number of halogens is 4. The van der Waals surface area contributed by atoms with Gasteiger partial charge < -0.3 is 10.6 Å². The van der Waals surface area contributed by atoms with Crippen LogP contribution in [-0.4, -0.2) is 35.5 Å². The summed E-state index contributed by atoms with van der Waals surface area (Å²) < 4.78 is 64.6. The van der Waals surface area contributed by atoms with Crippen LogP contribution in [0, 0.1) is 0 Å². The Morgan fingerprint density at radius 2 is 1.89 bits per heavy atom. The number of nitrogen functional groups attached to an aromatic ring is 1. The van der Waals surface area contributed by atoms with Crippen molar-refractivity contribution in [3.8, 4) is 0 Å². The fourth-order valence-corrected chi connectivity index (χ4v) is 4.46. The van der Waals surface area contributed by atoms with Crippen molar-refractivity contribution >= 4 is 49.8 Å². The third-order valence-corrected chi connectivity index (χ3v) is 6.47. The maximum Gasteiger partial charge on any atom is 0.417 e. The number of nitrogens with zero attached hydrogens (tertiary/aromatic N) is 4. The quantitative estimate of drug-likeness (QED) is 0.399. The molecule has 1 aromatic carbocycles. The molecule has 4 rings (SSSR count). The van der Waals surface area contributed by atoms with Crippen LogP contribution in [0.15, 0.2) is 66.1 Å². The molecule has 0 aliphatic carbocycles. The maximum absolute atomic E-state index is 13.5. The third-order valence-electron chi connectivity index (χ3n) is 5.15. The van der Waals surface area contributed by atoms with E-state index >= 15 is 0 Å². The van der Waals surface area contributed by atoms with Gasteiger partial charge in [0.15, 0.2) is 14.9 Å². The van der Waals surface area contributed by atoms with Crippen LogP contribution >= 0.6 is 11.6 Å². The van der Waals surface area contributed by atoms with Crippen molar-refractivity contribution in [2.75, 3.05) is 16.9 Å². The minimum Gasteiger partial charge on any atom is -0.382 e. The molecule has 0 aliphatic rings. The number of aromatic nitrogens is 3. The number of anilines is 2. The molecule has 0 saturated heterocycles. The summed E-state index contributed by atoms with van der Waals surface area (Å²) >= 11 is 6.02. The van der Waals surface area contributed by atoms with Gasteiger partial charge in [-0.25, -0.2) is 18.4 Å². The number of sulfone groups is 1. The van der Waals surface area contributed by atoms with Crippen LogP contribution in [0.25, 0.3) is 10.9 Å². The van der Waals surface area contributed by atoms with Gasteiger partial charge in [-0.05, 0) is 35.9 Å². The summed E-state index contributed by atoms with van der Waals surface area (Å²) in [5, 5.41) is 0.515. The van der Waals surface area contributed by atoms with Gasteiger partial charge in [0.1, 0.15) is 5.82 Å². The predicted octanol–water partition coefficient (Wildman–Crippen LogP) is 4.53. The standard InChI is InChI=1S/C23H17ClF3N5O3S/c1-36(34,35)21-19(3-2-6-30-21)32(22(33)15-8-16(11-29-10-15)23(25,26)27)12-13-4-5-14-9-17(24)20(28)31-18(14)7-13/h2-11H,12H2,1H3,(H2,28,31). The van der Waals surface area contributed by atoms with Gasteiger partial charge in [-0.15, -0.1) is 0 Å². The topological polar surface area (TPSA) is 119 Å². The van der Waals surface area contributed by atoms with E-state index in [4.69, 9.17) is 17.3 Å². The van der Waals surface area contributed by atoms with Crippen molar-refractivity contribution in [3.05, 3.63) is 82.8 Å². The number of rotatable bonds is 5. The summed E-state index contributed by atoms with van der Waals surface area (Å²) in [6.45, 7) is -0.219. The molecule has 0 spiro atoms. The van der Waals surface area contributed by atoms with Gasteiger partial charge in [0.25, 0.3) is 5.91 Å². The van der Waals surface area contributed by atoms with Crippen LogP contribution in [0.2, 0.25) is 5.02 Å². The normalized spacial score (nSPS) is 12.0. The van der Waals surface area contributed by atoms with Crippen molar-refractivity contribution in [1.29, 1.82) is 0 Å². The van der Waals surface area contributed by atoms with E-state index in [1.807, 2.05) is 0 Å². The number of benzene rings is 1.